The third kappa shape index (κ3) is 6.41. The summed E-state index contributed by atoms with van der Waals surface area (Å²) in [7, 11) is 3.19. The van der Waals surface area contributed by atoms with E-state index >= 15 is 4.39 Å². The van der Waals surface area contributed by atoms with Crippen LogP contribution >= 0.6 is 17.0 Å². The van der Waals surface area contributed by atoms with E-state index in [1.54, 1.807) is 52.2 Å². The van der Waals surface area contributed by atoms with Crippen molar-refractivity contribution < 1.29 is 28.2 Å². The number of rotatable bonds is 8. The Labute approximate surface area is 228 Å². The molecule has 8 nitrogen and oxygen atoms in total. The molecule has 1 aliphatic rings. The molecule has 10 heteroatoms. The van der Waals surface area contributed by atoms with Crippen LogP contribution in [0.3, 0.4) is 0 Å². The third-order valence-corrected chi connectivity index (χ3v) is 5.78. The molecule has 0 unspecified atom stereocenters. The van der Waals surface area contributed by atoms with E-state index in [2.05, 4.69) is 0 Å². The number of Topliss-reactive ketones (excluding diaryl/α,β-unsaturated/α-hetero) is 1. The molecule has 0 aliphatic carbocycles. The lowest BCUT2D eigenvalue weighted by atomic mass is 9.85. The van der Waals surface area contributed by atoms with Crippen LogP contribution < -0.4 is 14.2 Å². The SMILES string of the molecule is Br.CCOc1cc2c(c(F)c1OCC)C(=N)N(CC(=O)c1ccc(OC(=O)N(C)C)c(C(C)(C)C)c1)C2. The summed E-state index contributed by atoms with van der Waals surface area (Å²) in [6.45, 7) is 10.1. The van der Waals surface area contributed by atoms with Crippen LogP contribution in [-0.2, 0) is 12.0 Å². The Morgan fingerprint density at radius 1 is 1.08 bits per heavy atom. The lowest BCUT2D eigenvalue weighted by Crippen LogP contribution is -2.31. The normalized spacial score (nSPS) is 12.5. The first-order valence-electron chi connectivity index (χ1n) is 11.9. The molecule has 2 aromatic carbocycles. The van der Waals surface area contributed by atoms with Crippen LogP contribution in [0, 0.1) is 11.2 Å². The zero-order chi connectivity index (χ0) is 26.8. The van der Waals surface area contributed by atoms with Crippen LogP contribution in [0.1, 0.15) is 61.7 Å². The third-order valence-electron chi connectivity index (χ3n) is 5.78. The van der Waals surface area contributed by atoms with E-state index in [4.69, 9.17) is 19.6 Å². The lowest BCUT2D eigenvalue weighted by Gasteiger charge is -2.24. The number of carbonyl (C=O) groups excluding carboxylic acids is 2. The fourth-order valence-corrected chi connectivity index (χ4v) is 3.99. The molecular formula is C27H35BrFN3O5. The predicted octanol–water partition coefficient (Wildman–Crippen LogP) is 5.58. The average Bonchev–Trinajstić information content (AvgIpc) is 3.10. The van der Waals surface area contributed by atoms with Crippen molar-refractivity contribution in [2.24, 2.45) is 0 Å². The summed E-state index contributed by atoms with van der Waals surface area (Å²) in [6.07, 6.45) is -0.511. The fourth-order valence-electron chi connectivity index (χ4n) is 3.99. The summed E-state index contributed by atoms with van der Waals surface area (Å²) < 4.78 is 31.8. The highest BCUT2D eigenvalue weighted by Crippen LogP contribution is 2.39. The van der Waals surface area contributed by atoms with Crippen LogP contribution in [0.25, 0.3) is 0 Å². The quantitative estimate of drug-likeness (QED) is 0.410. The highest BCUT2D eigenvalue weighted by Gasteiger charge is 2.33. The van der Waals surface area contributed by atoms with Gasteiger partial charge in [-0.05, 0) is 49.1 Å². The Bertz CT molecular complexity index is 1190. The number of hydrogen-bond acceptors (Lipinski definition) is 6. The molecule has 202 valence electrons. The maximum atomic E-state index is 15.3. The number of nitrogens with zero attached hydrogens (tertiary/aromatic N) is 2. The molecular weight excluding hydrogens is 545 g/mol. The van der Waals surface area contributed by atoms with Crippen molar-refractivity contribution in [2.75, 3.05) is 33.9 Å². The first kappa shape index (κ1) is 30.1. The largest absolute Gasteiger partial charge is 0.490 e. The Morgan fingerprint density at radius 2 is 1.73 bits per heavy atom. The molecule has 0 bridgehead atoms. The van der Waals surface area contributed by atoms with Gasteiger partial charge in [0.1, 0.15) is 11.6 Å². The van der Waals surface area contributed by atoms with Gasteiger partial charge in [0.25, 0.3) is 0 Å². The van der Waals surface area contributed by atoms with Crippen molar-refractivity contribution in [3.05, 3.63) is 52.3 Å². The standard InChI is InChI=1S/C27H34FN3O5.BrH/c1-8-34-21-13-17-14-31(25(29)22(17)23(28)24(21)35-9-2)15-19(32)16-10-11-20(36-26(33)30(6)7)18(12-16)27(3,4)5;/h10-13,29H,8-9,14-15H2,1-7H3;1H. The van der Waals surface area contributed by atoms with Crippen molar-refractivity contribution in [1.82, 2.24) is 9.80 Å². The van der Waals surface area contributed by atoms with E-state index < -0.39 is 17.3 Å². The van der Waals surface area contributed by atoms with Gasteiger partial charge in [-0.2, -0.15) is 0 Å². The Hall–Kier alpha value is -3.14. The van der Waals surface area contributed by atoms with E-state index in [9.17, 15) is 9.59 Å². The zero-order valence-electron chi connectivity index (χ0n) is 22.4. The highest BCUT2D eigenvalue weighted by molar-refractivity contribution is 8.93. The molecule has 0 spiro atoms. The monoisotopic (exact) mass is 579 g/mol. The summed E-state index contributed by atoms with van der Waals surface area (Å²) in [5.41, 5.74) is 1.41. The van der Waals surface area contributed by atoms with Gasteiger partial charge < -0.3 is 24.0 Å². The second kappa shape index (κ2) is 11.9. The minimum absolute atomic E-state index is 0. The van der Waals surface area contributed by atoms with Gasteiger partial charge in [-0.15, -0.1) is 17.0 Å². The zero-order valence-corrected chi connectivity index (χ0v) is 24.1. The number of hydrogen-bond donors (Lipinski definition) is 1. The molecule has 3 rings (SSSR count). The maximum absolute atomic E-state index is 15.3. The van der Waals surface area contributed by atoms with Gasteiger partial charge in [0.05, 0.1) is 25.3 Å². The second-order valence-corrected chi connectivity index (χ2v) is 9.77. The summed E-state index contributed by atoms with van der Waals surface area (Å²) in [5.74, 6) is -0.317. The minimum Gasteiger partial charge on any atom is -0.490 e. The fraction of sp³-hybridized carbons (Fsp3) is 0.444. The van der Waals surface area contributed by atoms with Gasteiger partial charge in [-0.25, -0.2) is 9.18 Å². The molecule has 0 saturated heterocycles. The van der Waals surface area contributed by atoms with E-state index in [-0.39, 0.29) is 65.4 Å². The molecule has 0 radical (unpaired) electrons. The van der Waals surface area contributed by atoms with Gasteiger partial charge in [-0.1, -0.05) is 20.8 Å². The lowest BCUT2D eigenvalue weighted by molar-refractivity contribution is 0.0962. The van der Waals surface area contributed by atoms with E-state index in [1.807, 2.05) is 20.8 Å². The maximum Gasteiger partial charge on any atom is 0.414 e. The molecule has 0 fully saturated rings. The minimum atomic E-state index is -0.653. The molecule has 37 heavy (non-hydrogen) atoms. The van der Waals surface area contributed by atoms with Gasteiger partial charge in [0.15, 0.2) is 23.1 Å². The summed E-state index contributed by atoms with van der Waals surface area (Å²) in [4.78, 5) is 28.2. The van der Waals surface area contributed by atoms with Crippen molar-refractivity contribution in [3.8, 4) is 17.2 Å². The molecule has 0 saturated carbocycles. The molecule has 0 atom stereocenters. The molecule has 2 aromatic rings. The summed E-state index contributed by atoms with van der Waals surface area (Å²) in [6, 6.07) is 6.61. The number of benzene rings is 2. The van der Waals surface area contributed by atoms with E-state index in [0.29, 0.717) is 29.0 Å². The first-order valence-corrected chi connectivity index (χ1v) is 11.9. The number of amides is 1. The summed E-state index contributed by atoms with van der Waals surface area (Å²) >= 11 is 0. The number of nitrogens with one attached hydrogen (secondary N) is 1. The Balaban J connectivity index is 0.00000481. The van der Waals surface area contributed by atoms with Crippen molar-refractivity contribution in [3.63, 3.8) is 0 Å². The van der Waals surface area contributed by atoms with Gasteiger partial charge in [0, 0.05) is 31.8 Å². The number of fused-ring (bicyclic) bond motifs is 1. The van der Waals surface area contributed by atoms with Crippen molar-refractivity contribution in [2.45, 2.75) is 46.6 Å². The number of carbonyl (C=O) groups is 2. The molecule has 0 aromatic heterocycles. The first-order chi connectivity index (χ1) is 16.9. The van der Waals surface area contributed by atoms with Crippen LogP contribution in [0.2, 0.25) is 0 Å². The van der Waals surface area contributed by atoms with Gasteiger partial charge >= 0.3 is 6.09 Å². The van der Waals surface area contributed by atoms with Crippen LogP contribution in [0.5, 0.6) is 17.2 Å². The number of ketones is 1. The number of ether oxygens (including phenoxy) is 3. The average molecular weight is 580 g/mol. The summed E-state index contributed by atoms with van der Waals surface area (Å²) in [5, 5.41) is 8.55. The molecule has 1 N–H and O–H groups in total. The van der Waals surface area contributed by atoms with Crippen LogP contribution in [0.15, 0.2) is 24.3 Å². The Kier molecular flexibility index (Phi) is 9.71. The number of amidine groups is 1. The highest BCUT2D eigenvalue weighted by atomic mass is 79.9. The van der Waals surface area contributed by atoms with Crippen LogP contribution in [0.4, 0.5) is 9.18 Å². The number of halogens is 2. The molecule has 1 aliphatic heterocycles. The van der Waals surface area contributed by atoms with E-state index in [0.717, 1.165) is 0 Å². The molecule has 1 heterocycles. The smallest absolute Gasteiger partial charge is 0.414 e. The van der Waals surface area contributed by atoms with Crippen molar-refractivity contribution in [1.29, 1.82) is 5.41 Å². The van der Waals surface area contributed by atoms with Gasteiger partial charge in [0.2, 0.25) is 0 Å². The van der Waals surface area contributed by atoms with E-state index in [1.165, 1.54) is 9.80 Å². The van der Waals surface area contributed by atoms with Crippen LogP contribution in [-0.4, -0.2) is 61.4 Å². The van der Waals surface area contributed by atoms with Gasteiger partial charge in [-0.3, -0.25) is 10.2 Å². The Morgan fingerprint density at radius 3 is 2.30 bits per heavy atom. The predicted molar refractivity (Wildman–Crippen MR) is 145 cm³/mol. The topological polar surface area (TPSA) is 92.2 Å². The second-order valence-electron chi connectivity index (χ2n) is 9.77. The van der Waals surface area contributed by atoms with Crippen molar-refractivity contribution >= 4 is 34.7 Å². The molecule has 1 amide bonds.